The molecule has 78 valence electrons. The number of thioether (sulfide) groups is 4. The zero-order valence-corrected chi connectivity index (χ0v) is 11.0. The standard InChI is InChI=1S/C8H12N2S4/c1-3-11-7(12-4-1)9-10-8-13-5-2-6-14-8/h1-6H2. The number of nitrogens with zero attached hydrogens (tertiary/aromatic N) is 2. The Bertz CT molecular complexity index is 210. The zero-order chi connectivity index (χ0) is 9.64. The van der Waals surface area contributed by atoms with Crippen LogP contribution in [-0.4, -0.2) is 31.8 Å². The third-order valence-electron chi connectivity index (χ3n) is 1.69. The lowest BCUT2D eigenvalue weighted by Crippen LogP contribution is -2.01. The Morgan fingerprint density at radius 3 is 1.36 bits per heavy atom. The highest BCUT2D eigenvalue weighted by Gasteiger charge is 2.10. The highest BCUT2D eigenvalue weighted by Crippen LogP contribution is 2.28. The van der Waals surface area contributed by atoms with Crippen LogP contribution in [0.2, 0.25) is 0 Å². The molecule has 0 atom stereocenters. The van der Waals surface area contributed by atoms with Gasteiger partial charge in [0.2, 0.25) is 0 Å². The lowest BCUT2D eigenvalue weighted by molar-refractivity contribution is 1.12. The molecule has 2 rings (SSSR count). The minimum absolute atomic E-state index is 1.15. The fourth-order valence-corrected chi connectivity index (χ4v) is 5.32. The van der Waals surface area contributed by atoms with Crippen molar-refractivity contribution in [2.45, 2.75) is 12.8 Å². The number of rotatable bonds is 1. The van der Waals surface area contributed by atoms with Gasteiger partial charge in [0.25, 0.3) is 0 Å². The van der Waals surface area contributed by atoms with Gasteiger partial charge in [-0.15, -0.1) is 10.2 Å². The smallest absolute Gasteiger partial charge is 0.135 e. The Kier molecular flexibility index (Phi) is 5.09. The van der Waals surface area contributed by atoms with Crippen molar-refractivity contribution in [3.8, 4) is 0 Å². The molecule has 0 unspecified atom stereocenters. The van der Waals surface area contributed by atoms with Crippen LogP contribution in [0, 0.1) is 0 Å². The fraction of sp³-hybridized carbons (Fsp3) is 0.750. The third kappa shape index (κ3) is 3.72. The molecule has 0 aromatic heterocycles. The summed E-state index contributed by atoms with van der Waals surface area (Å²) in [7, 11) is 0. The Morgan fingerprint density at radius 2 is 1.00 bits per heavy atom. The van der Waals surface area contributed by atoms with E-state index >= 15 is 0 Å². The molecule has 14 heavy (non-hydrogen) atoms. The van der Waals surface area contributed by atoms with Gasteiger partial charge in [0.1, 0.15) is 0 Å². The molecule has 2 aliphatic rings. The summed E-state index contributed by atoms with van der Waals surface area (Å²) in [4.78, 5) is 0. The summed E-state index contributed by atoms with van der Waals surface area (Å²) in [6, 6.07) is 0. The van der Waals surface area contributed by atoms with Crippen molar-refractivity contribution in [3.63, 3.8) is 0 Å². The van der Waals surface area contributed by atoms with Crippen LogP contribution in [0.3, 0.4) is 0 Å². The molecule has 6 heteroatoms. The highest BCUT2D eigenvalue weighted by molar-refractivity contribution is 8.39. The topological polar surface area (TPSA) is 24.7 Å². The van der Waals surface area contributed by atoms with E-state index in [0.717, 1.165) is 8.75 Å². The molecule has 0 bridgehead atoms. The van der Waals surface area contributed by atoms with Crippen molar-refractivity contribution >= 4 is 55.8 Å². The zero-order valence-electron chi connectivity index (χ0n) is 7.77. The summed E-state index contributed by atoms with van der Waals surface area (Å²) in [6.07, 6.45) is 2.60. The lowest BCUT2D eigenvalue weighted by atomic mass is 10.6. The fourth-order valence-electron chi connectivity index (χ4n) is 1.04. The molecular weight excluding hydrogens is 252 g/mol. The van der Waals surface area contributed by atoms with Crippen molar-refractivity contribution in [1.82, 2.24) is 0 Å². The molecule has 0 saturated carbocycles. The second kappa shape index (κ2) is 6.35. The van der Waals surface area contributed by atoms with Gasteiger partial charge in [-0.2, -0.15) is 0 Å². The molecule has 0 aromatic carbocycles. The SMILES string of the molecule is C1CSC(=NN=C2SCCCS2)SC1. The predicted octanol–water partition coefficient (Wildman–Crippen LogP) is 3.35. The summed E-state index contributed by atoms with van der Waals surface area (Å²) in [5.41, 5.74) is 0. The van der Waals surface area contributed by atoms with E-state index in [4.69, 9.17) is 0 Å². The Morgan fingerprint density at radius 1 is 0.643 bits per heavy atom. The molecule has 2 aliphatic heterocycles. The van der Waals surface area contributed by atoms with Crippen molar-refractivity contribution in [1.29, 1.82) is 0 Å². The minimum atomic E-state index is 1.15. The monoisotopic (exact) mass is 264 g/mol. The maximum absolute atomic E-state index is 4.30. The Hall–Kier alpha value is 0.740. The van der Waals surface area contributed by atoms with E-state index < -0.39 is 0 Å². The highest BCUT2D eigenvalue weighted by atomic mass is 32.2. The first-order chi connectivity index (χ1) is 6.95. The Labute approximate surface area is 102 Å². The first-order valence-electron chi connectivity index (χ1n) is 4.62. The third-order valence-corrected chi connectivity index (χ3v) is 6.39. The molecule has 2 heterocycles. The summed E-state index contributed by atoms with van der Waals surface area (Å²) in [6.45, 7) is 0. The molecule has 2 fully saturated rings. The van der Waals surface area contributed by atoms with Crippen molar-refractivity contribution in [2.24, 2.45) is 10.2 Å². The summed E-state index contributed by atoms with van der Waals surface area (Å²) in [5.74, 6) is 4.82. The van der Waals surface area contributed by atoms with Crippen molar-refractivity contribution in [3.05, 3.63) is 0 Å². The first-order valence-corrected chi connectivity index (χ1v) is 8.56. The molecule has 0 N–H and O–H groups in total. The van der Waals surface area contributed by atoms with Gasteiger partial charge in [0.05, 0.1) is 0 Å². The van der Waals surface area contributed by atoms with Gasteiger partial charge in [-0.05, 0) is 12.8 Å². The Balaban J connectivity index is 1.88. The van der Waals surface area contributed by atoms with Gasteiger partial charge in [-0.25, -0.2) is 0 Å². The summed E-state index contributed by atoms with van der Waals surface area (Å²) < 4.78 is 2.30. The maximum Gasteiger partial charge on any atom is 0.152 e. The van der Waals surface area contributed by atoms with Crippen LogP contribution in [0.4, 0.5) is 0 Å². The average molecular weight is 264 g/mol. The van der Waals surface area contributed by atoms with Crippen molar-refractivity contribution < 1.29 is 0 Å². The quantitative estimate of drug-likeness (QED) is 0.678. The first kappa shape index (κ1) is 11.2. The van der Waals surface area contributed by atoms with Gasteiger partial charge in [-0.1, -0.05) is 47.0 Å². The second-order valence-electron chi connectivity index (χ2n) is 2.83. The van der Waals surface area contributed by atoms with Crippen LogP contribution < -0.4 is 0 Å². The largest absolute Gasteiger partial charge is 0.152 e. The van der Waals surface area contributed by atoms with E-state index in [1.807, 2.05) is 47.0 Å². The van der Waals surface area contributed by atoms with E-state index in [1.54, 1.807) is 0 Å². The minimum Gasteiger partial charge on any atom is -0.135 e. The average Bonchev–Trinajstić information content (AvgIpc) is 2.29. The van der Waals surface area contributed by atoms with Crippen LogP contribution in [0.5, 0.6) is 0 Å². The number of hydrogen-bond acceptors (Lipinski definition) is 6. The normalized spacial score (nSPS) is 23.4. The van der Waals surface area contributed by atoms with E-state index in [2.05, 4.69) is 10.2 Å². The molecule has 0 spiro atoms. The van der Waals surface area contributed by atoms with Gasteiger partial charge in [-0.3, -0.25) is 0 Å². The van der Waals surface area contributed by atoms with Crippen LogP contribution >= 0.6 is 47.0 Å². The van der Waals surface area contributed by atoms with E-state index in [9.17, 15) is 0 Å². The molecule has 0 radical (unpaired) electrons. The van der Waals surface area contributed by atoms with Crippen LogP contribution in [-0.2, 0) is 0 Å². The molecule has 0 amide bonds. The molecule has 2 saturated heterocycles. The van der Waals surface area contributed by atoms with E-state index in [0.29, 0.717) is 0 Å². The van der Waals surface area contributed by atoms with Gasteiger partial charge in [0, 0.05) is 23.0 Å². The second-order valence-corrected chi connectivity index (χ2v) is 7.68. The molecule has 0 aromatic rings. The summed E-state index contributed by atoms with van der Waals surface area (Å²) >= 11 is 7.36. The van der Waals surface area contributed by atoms with Crippen LogP contribution in [0.1, 0.15) is 12.8 Å². The molecule has 2 nitrogen and oxygen atoms in total. The van der Waals surface area contributed by atoms with E-state index in [-0.39, 0.29) is 0 Å². The summed E-state index contributed by atoms with van der Waals surface area (Å²) in [5, 5.41) is 8.59. The molecule has 0 aliphatic carbocycles. The van der Waals surface area contributed by atoms with Crippen LogP contribution in [0.15, 0.2) is 10.2 Å². The molecular formula is C8H12N2S4. The van der Waals surface area contributed by atoms with Gasteiger partial charge >= 0.3 is 0 Å². The number of hydrogen-bond donors (Lipinski definition) is 0. The van der Waals surface area contributed by atoms with E-state index in [1.165, 1.54) is 35.9 Å². The maximum atomic E-state index is 4.30. The van der Waals surface area contributed by atoms with Gasteiger partial charge < -0.3 is 0 Å². The van der Waals surface area contributed by atoms with Gasteiger partial charge in [0.15, 0.2) is 8.75 Å². The lowest BCUT2D eigenvalue weighted by Gasteiger charge is -2.11. The van der Waals surface area contributed by atoms with Crippen molar-refractivity contribution in [2.75, 3.05) is 23.0 Å². The van der Waals surface area contributed by atoms with Crippen LogP contribution in [0.25, 0.3) is 0 Å². The predicted molar refractivity (Wildman–Crippen MR) is 73.9 cm³/mol.